The third-order valence-electron chi connectivity index (χ3n) is 4.17. The molecule has 2 rings (SSSR count). The summed E-state index contributed by atoms with van der Waals surface area (Å²) in [5.74, 6) is -0.286. The van der Waals surface area contributed by atoms with E-state index < -0.39 is 0 Å². The summed E-state index contributed by atoms with van der Waals surface area (Å²) in [7, 11) is 1.68. The molecule has 0 bridgehead atoms. The number of carbonyl (C=O) groups excluding carboxylic acids is 1. The van der Waals surface area contributed by atoms with Crippen LogP contribution in [0.5, 0.6) is 0 Å². The quantitative estimate of drug-likeness (QED) is 0.328. The van der Waals surface area contributed by atoms with Crippen molar-refractivity contribution < 1.29 is 14.7 Å². The number of carbonyl (C=O) groups is 1. The number of nitrogens with two attached hydrogens (primary N) is 1. The monoisotopic (exact) mass is 292 g/mol. The first-order chi connectivity index (χ1) is 9.90. The average Bonchev–Trinajstić information content (AvgIpc) is 2.50. The van der Waals surface area contributed by atoms with Crippen molar-refractivity contribution in [3.05, 3.63) is 29.6 Å². The van der Waals surface area contributed by atoms with Gasteiger partial charge in [0.15, 0.2) is 5.84 Å². The second-order valence-electron chi connectivity index (χ2n) is 5.72. The molecule has 7 heteroatoms. The molecular weight excluding hydrogens is 272 g/mol. The van der Waals surface area contributed by atoms with E-state index in [1.807, 2.05) is 0 Å². The lowest BCUT2D eigenvalue weighted by atomic mass is 9.64. The van der Waals surface area contributed by atoms with Crippen LogP contribution >= 0.6 is 0 Å². The van der Waals surface area contributed by atoms with Crippen LogP contribution in [0.4, 0.5) is 0 Å². The first kappa shape index (κ1) is 15.2. The minimum Gasteiger partial charge on any atom is -0.409 e. The SMILES string of the molecule is COC1CC(NC(=O)c2ccc(/C(N)=N/O)cn2)C1(C)C. The summed E-state index contributed by atoms with van der Waals surface area (Å²) in [6, 6.07) is 3.18. The fourth-order valence-corrected chi connectivity index (χ4v) is 2.50. The molecule has 2 atom stereocenters. The van der Waals surface area contributed by atoms with Gasteiger partial charge < -0.3 is 21.0 Å². The van der Waals surface area contributed by atoms with Gasteiger partial charge in [-0.2, -0.15) is 0 Å². The lowest BCUT2D eigenvalue weighted by Gasteiger charge is -2.51. The molecule has 1 heterocycles. The van der Waals surface area contributed by atoms with Gasteiger partial charge in [0.25, 0.3) is 5.91 Å². The van der Waals surface area contributed by atoms with E-state index in [2.05, 4.69) is 29.3 Å². The van der Waals surface area contributed by atoms with Crippen molar-refractivity contribution >= 4 is 11.7 Å². The van der Waals surface area contributed by atoms with Gasteiger partial charge in [0.2, 0.25) is 0 Å². The number of amidine groups is 1. The smallest absolute Gasteiger partial charge is 0.270 e. The highest BCUT2D eigenvalue weighted by molar-refractivity contribution is 5.98. The summed E-state index contributed by atoms with van der Waals surface area (Å²) < 4.78 is 5.36. The van der Waals surface area contributed by atoms with E-state index in [9.17, 15) is 4.79 Å². The van der Waals surface area contributed by atoms with Gasteiger partial charge in [-0.1, -0.05) is 19.0 Å². The number of ether oxygens (including phenoxy) is 1. The summed E-state index contributed by atoms with van der Waals surface area (Å²) in [6.07, 6.45) is 2.34. The number of hydrogen-bond acceptors (Lipinski definition) is 5. The Morgan fingerprint density at radius 1 is 1.57 bits per heavy atom. The van der Waals surface area contributed by atoms with Crippen LogP contribution in [0.2, 0.25) is 0 Å². The van der Waals surface area contributed by atoms with E-state index in [1.54, 1.807) is 19.2 Å². The van der Waals surface area contributed by atoms with Crippen LogP contribution in [-0.2, 0) is 4.74 Å². The van der Waals surface area contributed by atoms with Crippen LogP contribution in [0.25, 0.3) is 0 Å². The molecule has 1 amide bonds. The normalized spacial score (nSPS) is 24.2. The minimum absolute atomic E-state index is 0.0440. The number of hydrogen-bond donors (Lipinski definition) is 3. The summed E-state index contributed by atoms with van der Waals surface area (Å²) in [4.78, 5) is 16.2. The molecule has 4 N–H and O–H groups in total. The van der Waals surface area contributed by atoms with E-state index in [0.717, 1.165) is 6.42 Å². The molecule has 1 aliphatic carbocycles. The van der Waals surface area contributed by atoms with E-state index in [-0.39, 0.29) is 29.3 Å². The highest BCUT2D eigenvalue weighted by atomic mass is 16.5. The summed E-state index contributed by atoms with van der Waals surface area (Å²) >= 11 is 0. The van der Waals surface area contributed by atoms with Crippen molar-refractivity contribution in [2.45, 2.75) is 32.4 Å². The number of nitrogens with zero attached hydrogens (tertiary/aromatic N) is 2. The Labute approximate surface area is 123 Å². The molecule has 1 fully saturated rings. The van der Waals surface area contributed by atoms with Crippen LogP contribution in [0.1, 0.15) is 36.3 Å². The maximum atomic E-state index is 12.2. The van der Waals surface area contributed by atoms with Crippen LogP contribution in [0.15, 0.2) is 23.5 Å². The molecule has 7 nitrogen and oxygen atoms in total. The summed E-state index contributed by atoms with van der Waals surface area (Å²) in [6.45, 7) is 4.12. The molecule has 0 radical (unpaired) electrons. The molecule has 0 spiro atoms. The zero-order valence-electron chi connectivity index (χ0n) is 12.3. The number of nitrogens with one attached hydrogen (secondary N) is 1. The lowest BCUT2D eigenvalue weighted by molar-refractivity contribution is -0.0942. The number of pyridine rings is 1. The maximum absolute atomic E-state index is 12.2. The van der Waals surface area contributed by atoms with Gasteiger partial charge in [-0.3, -0.25) is 9.78 Å². The second kappa shape index (κ2) is 5.69. The molecule has 1 aromatic heterocycles. The van der Waals surface area contributed by atoms with E-state index in [1.165, 1.54) is 6.20 Å². The van der Waals surface area contributed by atoms with Gasteiger partial charge in [0, 0.05) is 30.3 Å². The average molecular weight is 292 g/mol. The van der Waals surface area contributed by atoms with Crippen molar-refractivity contribution in [3.63, 3.8) is 0 Å². The summed E-state index contributed by atoms with van der Waals surface area (Å²) in [5.41, 5.74) is 6.09. The first-order valence-electron chi connectivity index (χ1n) is 6.67. The van der Waals surface area contributed by atoms with Gasteiger partial charge in [-0.25, -0.2) is 0 Å². The van der Waals surface area contributed by atoms with Crippen LogP contribution in [0, 0.1) is 5.41 Å². The van der Waals surface area contributed by atoms with Gasteiger partial charge in [-0.15, -0.1) is 0 Å². The standard InChI is InChI=1S/C14H20N4O3/c1-14(2)10(6-11(14)21-3)17-13(19)9-5-4-8(7-16-9)12(15)18-20/h4-5,7,10-11,20H,6H2,1-3H3,(H2,15,18)(H,17,19). The predicted octanol–water partition coefficient (Wildman–Crippen LogP) is 0.719. The number of oxime groups is 1. The van der Waals surface area contributed by atoms with Gasteiger partial charge in [0.05, 0.1) is 6.10 Å². The molecule has 0 aromatic carbocycles. The third kappa shape index (κ3) is 2.82. The minimum atomic E-state index is -0.242. The van der Waals surface area contributed by atoms with Gasteiger partial charge >= 0.3 is 0 Å². The van der Waals surface area contributed by atoms with E-state index in [4.69, 9.17) is 15.7 Å². The molecule has 114 valence electrons. The Bertz CT molecular complexity index is 554. The highest BCUT2D eigenvalue weighted by Gasteiger charge is 2.49. The van der Waals surface area contributed by atoms with Crippen molar-refractivity contribution in [2.75, 3.05) is 7.11 Å². The summed E-state index contributed by atoms with van der Waals surface area (Å²) in [5, 5.41) is 14.4. The van der Waals surface area contributed by atoms with E-state index in [0.29, 0.717) is 11.3 Å². The van der Waals surface area contributed by atoms with Crippen LogP contribution < -0.4 is 11.1 Å². The zero-order valence-corrected chi connectivity index (χ0v) is 12.3. The molecule has 0 saturated heterocycles. The number of methoxy groups -OCH3 is 1. The molecule has 1 aromatic rings. The van der Waals surface area contributed by atoms with Crippen molar-refractivity contribution in [2.24, 2.45) is 16.3 Å². The van der Waals surface area contributed by atoms with Gasteiger partial charge in [-0.05, 0) is 18.6 Å². The van der Waals surface area contributed by atoms with Crippen molar-refractivity contribution in [3.8, 4) is 0 Å². The fourth-order valence-electron chi connectivity index (χ4n) is 2.50. The Kier molecular flexibility index (Phi) is 4.13. The Balaban J connectivity index is 2.02. The lowest BCUT2D eigenvalue weighted by Crippen LogP contribution is -2.61. The fraction of sp³-hybridized carbons (Fsp3) is 0.500. The Morgan fingerprint density at radius 2 is 2.29 bits per heavy atom. The molecular formula is C14H20N4O3. The number of rotatable bonds is 4. The Morgan fingerprint density at radius 3 is 2.76 bits per heavy atom. The molecule has 0 aliphatic heterocycles. The largest absolute Gasteiger partial charge is 0.409 e. The van der Waals surface area contributed by atoms with Gasteiger partial charge in [0.1, 0.15) is 5.69 Å². The molecule has 1 aliphatic rings. The Hall–Kier alpha value is -2.15. The van der Waals surface area contributed by atoms with Crippen molar-refractivity contribution in [1.29, 1.82) is 0 Å². The number of aromatic nitrogens is 1. The van der Waals surface area contributed by atoms with Crippen LogP contribution in [-0.4, -0.2) is 41.2 Å². The zero-order chi connectivity index (χ0) is 15.6. The maximum Gasteiger partial charge on any atom is 0.270 e. The first-order valence-corrected chi connectivity index (χ1v) is 6.67. The second-order valence-corrected chi connectivity index (χ2v) is 5.72. The molecule has 1 saturated carbocycles. The van der Waals surface area contributed by atoms with Crippen molar-refractivity contribution in [1.82, 2.24) is 10.3 Å². The van der Waals surface area contributed by atoms with E-state index >= 15 is 0 Å². The molecule has 21 heavy (non-hydrogen) atoms. The number of amides is 1. The van der Waals surface area contributed by atoms with Crippen LogP contribution in [0.3, 0.4) is 0 Å². The highest BCUT2D eigenvalue weighted by Crippen LogP contribution is 2.42. The predicted molar refractivity (Wildman–Crippen MR) is 77.2 cm³/mol. The third-order valence-corrected chi connectivity index (χ3v) is 4.17. The topological polar surface area (TPSA) is 110 Å². The molecule has 2 unspecified atom stereocenters.